The minimum Gasteiger partial charge on any atom is -0.385 e. The Kier molecular flexibility index (Phi) is 4.04. The lowest BCUT2D eigenvalue weighted by molar-refractivity contribution is 0.187. The molecule has 2 fully saturated rings. The van der Waals surface area contributed by atoms with Crippen LogP contribution in [0.25, 0.3) is 0 Å². The molecule has 2 aliphatic carbocycles. The number of rotatable bonds is 6. The zero-order valence-corrected chi connectivity index (χ0v) is 10.2. The van der Waals surface area contributed by atoms with E-state index < -0.39 is 0 Å². The Morgan fingerprint density at radius 2 is 1.93 bits per heavy atom. The zero-order chi connectivity index (χ0) is 10.7. The average molecular weight is 211 g/mol. The van der Waals surface area contributed by atoms with Crippen LogP contribution in [0.4, 0.5) is 0 Å². The molecule has 0 saturated heterocycles. The van der Waals surface area contributed by atoms with Gasteiger partial charge in [-0.05, 0) is 50.5 Å². The smallest absolute Gasteiger partial charge is 0.0462 e. The summed E-state index contributed by atoms with van der Waals surface area (Å²) in [5.74, 6) is 3.13. The van der Waals surface area contributed by atoms with Crippen LogP contribution in [-0.2, 0) is 4.74 Å². The quantitative estimate of drug-likeness (QED) is 0.681. The van der Waals surface area contributed by atoms with Gasteiger partial charge >= 0.3 is 0 Å². The Hall–Kier alpha value is -0.0800. The summed E-state index contributed by atoms with van der Waals surface area (Å²) < 4.78 is 5.13. The molecular weight excluding hydrogens is 186 g/mol. The van der Waals surface area contributed by atoms with Crippen molar-refractivity contribution in [2.45, 2.75) is 44.6 Å². The molecule has 2 saturated carbocycles. The highest BCUT2D eigenvalue weighted by Crippen LogP contribution is 2.57. The average Bonchev–Trinajstić information content (AvgIpc) is 2.99. The molecule has 0 aromatic carbocycles. The van der Waals surface area contributed by atoms with Crippen LogP contribution in [0.15, 0.2) is 0 Å². The van der Waals surface area contributed by atoms with Crippen molar-refractivity contribution in [3.63, 3.8) is 0 Å². The molecule has 0 aromatic heterocycles. The van der Waals surface area contributed by atoms with Gasteiger partial charge in [0.15, 0.2) is 0 Å². The predicted octanol–water partition coefficient (Wildman–Crippen LogP) is 2.44. The van der Waals surface area contributed by atoms with E-state index in [-0.39, 0.29) is 0 Å². The maximum absolute atomic E-state index is 5.13. The highest BCUT2D eigenvalue weighted by atomic mass is 16.5. The lowest BCUT2D eigenvalue weighted by Gasteiger charge is -2.16. The van der Waals surface area contributed by atoms with E-state index in [1.165, 1.54) is 38.5 Å². The molecule has 2 nitrogen and oxygen atoms in total. The molecule has 88 valence electrons. The van der Waals surface area contributed by atoms with E-state index >= 15 is 0 Å². The van der Waals surface area contributed by atoms with E-state index in [1.807, 2.05) is 0 Å². The topological polar surface area (TPSA) is 21.3 Å². The first kappa shape index (κ1) is 11.4. The van der Waals surface area contributed by atoms with Gasteiger partial charge in [0.05, 0.1) is 0 Å². The minimum atomic E-state index is 0.758. The number of hydrogen-bond donors (Lipinski definition) is 1. The first-order valence-corrected chi connectivity index (χ1v) is 6.54. The van der Waals surface area contributed by atoms with Crippen molar-refractivity contribution in [2.24, 2.45) is 17.8 Å². The molecule has 3 atom stereocenters. The highest BCUT2D eigenvalue weighted by molar-refractivity contribution is 5.04. The van der Waals surface area contributed by atoms with Crippen LogP contribution in [0.1, 0.15) is 38.5 Å². The molecule has 0 amide bonds. The van der Waals surface area contributed by atoms with Crippen LogP contribution >= 0.6 is 0 Å². The van der Waals surface area contributed by atoms with Gasteiger partial charge in [-0.25, -0.2) is 0 Å². The summed E-state index contributed by atoms with van der Waals surface area (Å²) in [5, 5.41) is 3.52. The van der Waals surface area contributed by atoms with Gasteiger partial charge in [-0.15, -0.1) is 0 Å². The Morgan fingerprint density at radius 3 is 2.47 bits per heavy atom. The molecule has 2 aliphatic rings. The van der Waals surface area contributed by atoms with Crippen molar-refractivity contribution in [2.75, 3.05) is 20.8 Å². The standard InChI is InChI=1S/C13H25NO/c1-14-12(8-5-9-15-2)13-10-6-3-4-7-11(10)13/h10-14H,3-9H2,1-2H3. The van der Waals surface area contributed by atoms with Gasteiger partial charge in [0.25, 0.3) is 0 Å². The van der Waals surface area contributed by atoms with Crippen LogP contribution < -0.4 is 5.32 Å². The third-order valence-electron chi connectivity index (χ3n) is 4.42. The van der Waals surface area contributed by atoms with Crippen molar-refractivity contribution < 1.29 is 4.74 Å². The molecule has 0 radical (unpaired) electrons. The third-order valence-corrected chi connectivity index (χ3v) is 4.42. The van der Waals surface area contributed by atoms with Crippen molar-refractivity contribution >= 4 is 0 Å². The van der Waals surface area contributed by atoms with Gasteiger partial charge in [0.1, 0.15) is 0 Å². The number of methoxy groups -OCH3 is 1. The first-order chi connectivity index (χ1) is 7.38. The van der Waals surface area contributed by atoms with Gasteiger partial charge in [0, 0.05) is 19.8 Å². The molecule has 0 aliphatic heterocycles. The molecule has 0 heterocycles. The van der Waals surface area contributed by atoms with Crippen LogP contribution in [0, 0.1) is 17.8 Å². The SMILES string of the molecule is CNC(CCCOC)C1C2CCCCC21. The summed E-state index contributed by atoms with van der Waals surface area (Å²) in [7, 11) is 3.92. The normalized spacial score (nSPS) is 36.0. The fourth-order valence-corrected chi connectivity index (χ4v) is 3.62. The lowest BCUT2D eigenvalue weighted by atomic mass is 10.0. The molecule has 1 N–H and O–H groups in total. The molecule has 0 spiro atoms. The van der Waals surface area contributed by atoms with E-state index in [4.69, 9.17) is 4.74 Å². The molecule has 2 heteroatoms. The summed E-state index contributed by atoms with van der Waals surface area (Å²) in [5.41, 5.74) is 0. The summed E-state index contributed by atoms with van der Waals surface area (Å²) >= 11 is 0. The molecular formula is C13H25NO. The van der Waals surface area contributed by atoms with Gasteiger partial charge in [-0.3, -0.25) is 0 Å². The third kappa shape index (κ3) is 2.54. The maximum atomic E-state index is 5.13. The van der Waals surface area contributed by atoms with Crippen molar-refractivity contribution in [1.82, 2.24) is 5.32 Å². The van der Waals surface area contributed by atoms with Gasteiger partial charge < -0.3 is 10.1 Å². The first-order valence-electron chi connectivity index (χ1n) is 6.54. The summed E-state index contributed by atoms with van der Waals surface area (Å²) in [6.45, 7) is 0.917. The molecule has 2 rings (SSSR count). The highest BCUT2D eigenvalue weighted by Gasteiger charge is 2.53. The Bertz CT molecular complexity index is 183. The number of nitrogens with one attached hydrogen (secondary N) is 1. The largest absolute Gasteiger partial charge is 0.385 e. The number of ether oxygens (including phenoxy) is 1. The van der Waals surface area contributed by atoms with Crippen molar-refractivity contribution in [3.05, 3.63) is 0 Å². The Balaban J connectivity index is 1.75. The van der Waals surface area contributed by atoms with E-state index in [9.17, 15) is 0 Å². The van der Waals surface area contributed by atoms with Gasteiger partial charge in [-0.2, -0.15) is 0 Å². The lowest BCUT2D eigenvalue weighted by Crippen LogP contribution is -2.29. The van der Waals surface area contributed by atoms with E-state index in [0.717, 1.165) is 30.4 Å². The fraction of sp³-hybridized carbons (Fsp3) is 1.00. The summed E-state index contributed by atoms with van der Waals surface area (Å²) in [6.07, 6.45) is 8.45. The van der Waals surface area contributed by atoms with Crippen LogP contribution in [-0.4, -0.2) is 26.8 Å². The Labute approximate surface area is 93.8 Å². The van der Waals surface area contributed by atoms with Crippen LogP contribution in [0.2, 0.25) is 0 Å². The molecule has 0 aromatic rings. The minimum absolute atomic E-state index is 0.758. The molecule has 15 heavy (non-hydrogen) atoms. The van der Waals surface area contributed by atoms with Crippen molar-refractivity contribution in [3.8, 4) is 0 Å². The van der Waals surface area contributed by atoms with Gasteiger partial charge in [0.2, 0.25) is 0 Å². The van der Waals surface area contributed by atoms with Crippen molar-refractivity contribution in [1.29, 1.82) is 0 Å². The summed E-state index contributed by atoms with van der Waals surface area (Å²) in [6, 6.07) is 0.758. The predicted molar refractivity (Wildman–Crippen MR) is 62.9 cm³/mol. The van der Waals surface area contributed by atoms with Crippen LogP contribution in [0.5, 0.6) is 0 Å². The number of fused-ring (bicyclic) bond motifs is 1. The maximum Gasteiger partial charge on any atom is 0.0462 e. The summed E-state index contributed by atoms with van der Waals surface area (Å²) in [4.78, 5) is 0. The van der Waals surface area contributed by atoms with Gasteiger partial charge in [-0.1, -0.05) is 12.8 Å². The fourth-order valence-electron chi connectivity index (χ4n) is 3.62. The zero-order valence-electron chi connectivity index (χ0n) is 10.2. The monoisotopic (exact) mass is 211 g/mol. The second-order valence-electron chi connectivity index (χ2n) is 5.22. The second-order valence-corrected chi connectivity index (χ2v) is 5.22. The van der Waals surface area contributed by atoms with E-state index in [2.05, 4.69) is 12.4 Å². The molecule has 3 unspecified atom stereocenters. The van der Waals surface area contributed by atoms with E-state index in [1.54, 1.807) is 7.11 Å². The second kappa shape index (κ2) is 5.31. The molecule has 0 bridgehead atoms. The Morgan fingerprint density at radius 1 is 1.27 bits per heavy atom. The van der Waals surface area contributed by atoms with Crippen LogP contribution in [0.3, 0.4) is 0 Å². The van der Waals surface area contributed by atoms with E-state index in [0.29, 0.717) is 0 Å². The number of hydrogen-bond acceptors (Lipinski definition) is 2.